The van der Waals surface area contributed by atoms with Gasteiger partial charge in [0.2, 0.25) is 0 Å². The summed E-state index contributed by atoms with van der Waals surface area (Å²) in [6.07, 6.45) is 65.9. The second kappa shape index (κ2) is 50.3. The summed E-state index contributed by atoms with van der Waals surface area (Å²) in [6.45, 7) is 3.48. The number of phosphoric ester groups is 1. The van der Waals surface area contributed by atoms with E-state index in [1.165, 1.54) is 64.2 Å². The van der Waals surface area contributed by atoms with Crippen molar-refractivity contribution in [2.45, 2.75) is 213 Å². The molecule has 0 rings (SSSR count). The predicted molar refractivity (Wildman–Crippen MR) is 275 cm³/mol. The first-order valence-electron chi connectivity index (χ1n) is 25.7. The molecular formula is C55H94NO8P. The van der Waals surface area contributed by atoms with Gasteiger partial charge in [0, 0.05) is 19.4 Å². The number of hydrogen-bond acceptors (Lipinski definition) is 8. The summed E-state index contributed by atoms with van der Waals surface area (Å²) in [4.78, 5) is 35.0. The molecule has 0 aliphatic rings. The number of esters is 2. The van der Waals surface area contributed by atoms with Crippen LogP contribution in [-0.4, -0.2) is 49.3 Å². The molecule has 0 spiro atoms. The van der Waals surface area contributed by atoms with Crippen LogP contribution in [0, 0.1) is 0 Å². The lowest BCUT2D eigenvalue weighted by molar-refractivity contribution is -0.161. The maximum atomic E-state index is 12.7. The second-order valence-corrected chi connectivity index (χ2v) is 18.1. The van der Waals surface area contributed by atoms with Crippen LogP contribution >= 0.6 is 7.82 Å². The van der Waals surface area contributed by atoms with Crippen LogP contribution in [0.1, 0.15) is 206 Å². The van der Waals surface area contributed by atoms with Crippen LogP contribution in [0.5, 0.6) is 0 Å². The number of rotatable bonds is 47. The zero-order chi connectivity index (χ0) is 47.4. The van der Waals surface area contributed by atoms with Crippen LogP contribution < -0.4 is 5.73 Å². The lowest BCUT2D eigenvalue weighted by Gasteiger charge is -2.19. The predicted octanol–water partition coefficient (Wildman–Crippen LogP) is 15.7. The van der Waals surface area contributed by atoms with E-state index in [2.05, 4.69) is 111 Å². The smallest absolute Gasteiger partial charge is 0.462 e. The highest BCUT2D eigenvalue weighted by Gasteiger charge is 2.26. The number of ether oxygens (including phenoxy) is 2. The SMILES string of the molecule is CC/C=C\C/C=C\C/C=C\C/C=C\C/C=C\CCCCCCCCCCCCCCCC(=O)OC(COC(=O)CCCCCCC/C=C\C/C=C\C/C=C\CC)COP(=O)(O)OCCN. The van der Waals surface area contributed by atoms with E-state index in [4.69, 9.17) is 24.3 Å². The van der Waals surface area contributed by atoms with Gasteiger partial charge in [-0.3, -0.25) is 18.6 Å². The lowest BCUT2D eigenvalue weighted by atomic mass is 10.0. The number of unbranched alkanes of at least 4 members (excludes halogenated alkanes) is 18. The Morgan fingerprint density at radius 3 is 1.18 bits per heavy atom. The maximum absolute atomic E-state index is 12.7. The summed E-state index contributed by atoms with van der Waals surface area (Å²) < 4.78 is 32.9. The van der Waals surface area contributed by atoms with Crippen LogP contribution in [-0.2, 0) is 32.7 Å². The van der Waals surface area contributed by atoms with Gasteiger partial charge in [-0.1, -0.05) is 201 Å². The molecule has 0 aromatic rings. The second-order valence-electron chi connectivity index (χ2n) is 16.6. The van der Waals surface area contributed by atoms with E-state index in [9.17, 15) is 19.0 Å². The van der Waals surface area contributed by atoms with Gasteiger partial charge >= 0.3 is 19.8 Å². The van der Waals surface area contributed by atoms with E-state index in [0.717, 1.165) is 103 Å². The van der Waals surface area contributed by atoms with Crippen molar-refractivity contribution in [3.8, 4) is 0 Å². The van der Waals surface area contributed by atoms with E-state index in [0.29, 0.717) is 12.8 Å². The molecule has 0 aromatic carbocycles. The van der Waals surface area contributed by atoms with Gasteiger partial charge in [0.1, 0.15) is 6.61 Å². The molecule has 0 fully saturated rings. The first-order valence-corrected chi connectivity index (χ1v) is 27.2. The van der Waals surface area contributed by atoms with Crippen molar-refractivity contribution < 1.29 is 37.6 Å². The van der Waals surface area contributed by atoms with Gasteiger partial charge < -0.3 is 20.1 Å². The Bertz CT molecular complexity index is 1380. The van der Waals surface area contributed by atoms with Gasteiger partial charge in [-0.05, 0) is 89.9 Å². The summed E-state index contributed by atoms with van der Waals surface area (Å²) in [7, 11) is -4.39. The Morgan fingerprint density at radius 1 is 0.462 bits per heavy atom. The first kappa shape index (κ1) is 61.9. The molecule has 0 bridgehead atoms. The minimum Gasteiger partial charge on any atom is -0.462 e. The van der Waals surface area contributed by atoms with Crippen molar-refractivity contribution in [1.29, 1.82) is 0 Å². The van der Waals surface area contributed by atoms with Gasteiger partial charge in [-0.15, -0.1) is 0 Å². The molecule has 9 nitrogen and oxygen atoms in total. The molecule has 10 heteroatoms. The number of hydrogen-bond donors (Lipinski definition) is 2. The van der Waals surface area contributed by atoms with Gasteiger partial charge in [-0.2, -0.15) is 0 Å². The molecule has 3 N–H and O–H groups in total. The molecule has 0 saturated carbocycles. The van der Waals surface area contributed by atoms with Gasteiger partial charge in [0.25, 0.3) is 0 Å². The molecule has 0 aliphatic heterocycles. The first-order chi connectivity index (χ1) is 31.8. The average Bonchev–Trinajstić information content (AvgIpc) is 3.30. The highest BCUT2D eigenvalue weighted by atomic mass is 31.2. The summed E-state index contributed by atoms with van der Waals surface area (Å²) in [5.41, 5.74) is 5.36. The van der Waals surface area contributed by atoms with Crippen molar-refractivity contribution in [3.63, 3.8) is 0 Å². The van der Waals surface area contributed by atoms with E-state index in [1.807, 2.05) is 0 Å². The fraction of sp³-hybridized carbons (Fsp3) is 0.673. The van der Waals surface area contributed by atoms with Crippen molar-refractivity contribution in [3.05, 3.63) is 97.2 Å². The highest BCUT2D eigenvalue weighted by molar-refractivity contribution is 7.47. The van der Waals surface area contributed by atoms with Crippen LogP contribution in [0.15, 0.2) is 97.2 Å². The molecule has 372 valence electrons. The fourth-order valence-corrected chi connectivity index (χ4v) is 7.50. The summed E-state index contributed by atoms with van der Waals surface area (Å²) in [6, 6.07) is 0. The normalized spacial score (nSPS) is 14.0. The third-order valence-corrected chi connectivity index (χ3v) is 11.4. The fourth-order valence-electron chi connectivity index (χ4n) is 6.73. The Kier molecular flexibility index (Phi) is 48.0. The summed E-state index contributed by atoms with van der Waals surface area (Å²) in [5, 5.41) is 0. The van der Waals surface area contributed by atoms with E-state index < -0.39 is 32.5 Å². The van der Waals surface area contributed by atoms with Crippen LogP contribution in [0.2, 0.25) is 0 Å². The minimum atomic E-state index is -4.39. The topological polar surface area (TPSA) is 134 Å². The van der Waals surface area contributed by atoms with Crippen molar-refractivity contribution >= 4 is 19.8 Å². The van der Waals surface area contributed by atoms with E-state index >= 15 is 0 Å². The van der Waals surface area contributed by atoms with Crippen molar-refractivity contribution in [2.24, 2.45) is 5.73 Å². The van der Waals surface area contributed by atoms with Crippen LogP contribution in [0.3, 0.4) is 0 Å². The monoisotopic (exact) mass is 928 g/mol. The molecule has 0 aromatic heterocycles. The van der Waals surface area contributed by atoms with Gasteiger partial charge in [0.15, 0.2) is 6.10 Å². The van der Waals surface area contributed by atoms with Crippen LogP contribution in [0.4, 0.5) is 0 Å². The third-order valence-electron chi connectivity index (χ3n) is 10.5. The molecule has 65 heavy (non-hydrogen) atoms. The molecule has 0 aliphatic carbocycles. The summed E-state index contributed by atoms with van der Waals surface area (Å²) in [5.74, 6) is -0.854. The number of carbonyl (C=O) groups is 2. The Morgan fingerprint density at radius 2 is 0.800 bits per heavy atom. The molecule has 0 amide bonds. The van der Waals surface area contributed by atoms with Crippen molar-refractivity contribution in [1.82, 2.24) is 0 Å². The quantitative estimate of drug-likeness (QED) is 0.0265. The lowest BCUT2D eigenvalue weighted by Crippen LogP contribution is -2.29. The molecule has 2 atom stereocenters. The minimum absolute atomic E-state index is 0.0464. The largest absolute Gasteiger partial charge is 0.472 e. The zero-order valence-corrected chi connectivity index (χ0v) is 42.1. The standard InChI is InChI=1S/C55H94NO8P/c1-3-5-7-9-11-13-15-17-19-20-21-22-23-24-25-26-27-28-29-30-31-32-34-36-38-40-42-44-46-48-55(58)64-53(52-63-65(59,60)62-50-49-56)51-61-54(57)47-45-43-41-39-37-35-33-18-16-14-12-10-8-6-4-2/h5-8,11-14,17-19,21-22,24-25,33,53H,3-4,9-10,15-16,20,23,26-32,34-52,56H2,1-2H3,(H,59,60)/b7-5-,8-6-,13-11-,14-12-,19-17-,22-21-,25-24-,33-18-. The van der Waals surface area contributed by atoms with E-state index in [1.54, 1.807) is 0 Å². The van der Waals surface area contributed by atoms with Gasteiger partial charge in [0.05, 0.1) is 13.2 Å². The maximum Gasteiger partial charge on any atom is 0.472 e. The molecule has 0 saturated heterocycles. The van der Waals surface area contributed by atoms with Crippen LogP contribution in [0.25, 0.3) is 0 Å². The zero-order valence-electron chi connectivity index (χ0n) is 41.2. The number of carbonyl (C=O) groups excluding carboxylic acids is 2. The number of nitrogens with two attached hydrogens (primary N) is 1. The summed E-state index contributed by atoms with van der Waals surface area (Å²) >= 11 is 0. The third kappa shape index (κ3) is 50.2. The van der Waals surface area contributed by atoms with Gasteiger partial charge in [-0.25, -0.2) is 4.57 Å². The Balaban J connectivity index is 4.02. The Hall–Kier alpha value is -3.07. The average molecular weight is 928 g/mol. The van der Waals surface area contributed by atoms with E-state index in [-0.39, 0.29) is 32.6 Å². The van der Waals surface area contributed by atoms with Crippen molar-refractivity contribution in [2.75, 3.05) is 26.4 Å². The molecule has 2 unspecified atom stereocenters. The molecule has 0 radical (unpaired) electrons. The molecular weight excluding hydrogens is 834 g/mol. The Labute approximate surface area is 397 Å². The molecule has 0 heterocycles. The highest BCUT2D eigenvalue weighted by Crippen LogP contribution is 2.43. The number of phosphoric acid groups is 1. The number of allylic oxidation sites excluding steroid dienone is 16.